The number of halogens is 1. The van der Waals surface area contributed by atoms with Gasteiger partial charge in [-0.25, -0.2) is 4.98 Å². The summed E-state index contributed by atoms with van der Waals surface area (Å²) in [6, 6.07) is 12.7. The molecule has 2 aliphatic rings. The lowest BCUT2D eigenvalue weighted by Gasteiger charge is -2.32. The summed E-state index contributed by atoms with van der Waals surface area (Å²) in [6.07, 6.45) is 14.4. The maximum Gasteiger partial charge on any atom is 0.172 e. The number of likely N-dealkylation sites (tertiary alicyclic amines) is 1. The molecule has 3 heterocycles. The molecule has 2 atom stereocenters. The molecule has 182 valence electrons. The minimum atomic E-state index is 0.582. The van der Waals surface area contributed by atoms with Gasteiger partial charge in [0.2, 0.25) is 0 Å². The molecule has 1 aliphatic carbocycles. The van der Waals surface area contributed by atoms with E-state index in [1.165, 1.54) is 36.1 Å². The van der Waals surface area contributed by atoms with Gasteiger partial charge >= 0.3 is 0 Å². The van der Waals surface area contributed by atoms with Crippen molar-refractivity contribution in [1.82, 2.24) is 19.5 Å². The number of nitrogens with one attached hydrogen (secondary N) is 1. The van der Waals surface area contributed by atoms with E-state index in [0.29, 0.717) is 11.8 Å². The number of nitrogens with zero attached hydrogens (tertiary/aromatic N) is 4. The summed E-state index contributed by atoms with van der Waals surface area (Å²) >= 11 is 3.64. The molecule has 5 rings (SSSR count). The van der Waals surface area contributed by atoms with Gasteiger partial charge in [-0.3, -0.25) is 4.90 Å². The summed E-state index contributed by atoms with van der Waals surface area (Å²) in [7, 11) is 0. The Morgan fingerprint density at radius 3 is 2.91 bits per heavy atom. The van der Waals surface area contributed by atoms with Crippen LogP contribution in [-0.2, 0) is 0 Å². The smallest absolute Gasteiger partial charge is 0.172 e. The van der Waals surface area contributed by atoms with Crippen molar-refractivity contribution in [3.63, 3.8) is 0 Å². The Balaban J connectivity index is 1.27. The molecule has 2 aromatic heterocycles. The fraction of sp³-hybridized carbons (Fsp3) is 0.379. The summed E-state index contributed by atoms with van der Waals surface area (Å²) in [6.45, 7) is 8.70. The van der Waals surface area contributed by atoms with Crippen LogP contribution in [-0.4, -0.2) is 45.7 Å². The third-order valence-corrected chi connectivity index (χ3v) is 7.59. The third-order valence-electron chi connectivity index (χ3n) is 7.03. The van der Waals surface area contributed by atoms with E-state index in [9.17, 15) is 0 Å². The lowest BCUT2D eigenvalue weighted by molar-refractivity contribution is 0.197. The molecule has 1 aromatic carbocycles. The highest BCUT2D eigenvalue weighted by Crippen LogP contribution is 2.31. The first-order valence-corrected chi connectivity index (χ1v) is 13.5. The van der Waals surface area contributed by atoms with Crippen molar-refractivity contribution >= 4 is 39.0 Å². The van der Waals surface area contributed by atoms with Crippen molar-refractivity contribution < 1.29 is 0 Å². The number of fused-ring (bicyclic) bond motifs is 1. The topological polar surface area (TPSA) is 45.5 Å². The van der Waals surface area contributed by atoms with Gasteiger partial charge in [0.05, 0.1) is 16.4 Å². The second-order valence-corrected chi connectivity index (χ2v) is 10.8. The fourth-order valence-electron chi connectivity index (χ4n) is 5.20. The number of rotatable bonds is 7. The number of hydrogen-bond acceptors (Lipinski definition) is 4. The molecule has 0 bridgehead atoms. The highest BCUT2D eigenvalue weighted by molar-refractivity contribution is 9.10. The monoisotopic (exact) mass is 531 g/mol. The molecule has 35 heavy (non-hydrogen) atoms. The van der Waals surface area contributed by atoms with E-state index in [1.54, 1.807) is 0 Å². The Labute approximate surface area is 216 Å². The van der Waals surface area contributed by atoms with E-state index in [-0.39, 0.29) is 0 Å². The molecule has 0 radical (unpaired) electrons. The molecular formula is C29H34BrN5. The van der Waals surface area contributed by atoms with Crippen molar-refractivity contribution in [3.05, 3.63) is 82.1 Å². The van der Waals surface area contributed by atoms with E-state index in [4.69, 9.17) is 4.98 Å². The average Bonchev–Trinajstić information content (AvgIpc) is 3.24. The zero-order valence-corrected chi connectivity index (χ0v) is 22.2. The highest BCUT2D eigenvalue weighted by Gasteiger charge is 2.21. The number of allylic oxidation sites excluding steroid dienone is 4. The molecule has 0 spiro atoms. The van der Waals surface area contributed by atoms with Crippen molar-refractivity contribution in [3.8, 4) is 0 Å². The van der Waals surface area contributed by atoms with Gasteiger partial charge in [-0.05, 0) is 71.6 Å². The SMILES string of the molecule is CC1=C(c2cc(NCC3CCCN(C/C=C/c4ccccc4)C3)n3ncc(Br)c3n2)C=CC(C)C1. The predicted octanol–water partition coefficient (Wildman–Crippen LogP) is 6.70. The molecule has 1 saturated heterocycles. The van der Waals surface area contributed by atoms with Gasteiger partial charge in [-0.15, -0.1) is 0 Å². The minimum Gasteiger partial charge on any atom is -0.370 e. The molecule has 0 saturated carbocycles. The lowest BCUT2D eigenvalue weighted by Crippen LogP contribution is -2.38. The van der Waals surface area contributed by atoms with Crippen molar-refractivity contribution in [1.29, 1.82) is 0 Å². The Morgan fingerprint density at radius 2 is 2.09 bits per heavy atom. The maximum atomic E-state index is 4.95. The Bertz CT molecular complexity index is 1260. The summed E-state index contributed by atoms with van der Waals surface area (Å²) in [5.74, 6) is 2.19. The molecule has 5 nitrogen and oxygen atoms in total. The number of benzene rings is 1. The predicted molar refractivity (Wildman–Crippen MR) is 149 cm³/mol. The molecule has 6 heteroatoms. The first-order valence-electron chi connectivity index (χ1n) is 12.7. The zero-order valence-electron chi connectivity index (χ0n) is 20.6. The fourth-order valence-corrected chi connectivity index (χ4v) is 5.55. The number of aromatic nitrogens is 3. The zero-order chi connectivity index (χ0) is 24.2. The molecule has 1 fully saturated rings. The molecule has 0 amide bonds. The Hall–Kier alpha value is -2.70. The van der Waals surface area contributed by atoms with Crippen LogP contribution in [0.5, 0.6) is 0 Å². The maximum absolute atomic E-state index is 4.95. The van der Waals surface area contributed by atoms with Gasteiger partial charge in [-0.1, -0.05) is 67.1 Å². The molecule has 1 aliphatic heterocycles. The van der Waals surface area contributed by atoms with Gasteiger partial charge in [0.1, 0.15) is 5.82 Å². The molecule has 2 unspecified atom stereocenters. The normalized spacial score (nSPS) is 21.3. The van der Waals surface area contributed by atoms with E-state index in [0.717, 1.165) is 47.7 Å². The summed E-state index contributed by atoms with van der Waals surface area (Å²) < 4.78 is 2.84. The second-order valence-electron chi connectivity index (χ2n) is 9.95. The van der Waals surface area contributed by atoms with Crippen LogP contribution >= 0.6 is 15.9 Å². The molecular weight excluding hydrogens is 498 g/mol. The number of piperidine rings is 1. The van der Waals surface area contributed by atoms with E-state index < -0.39 is 0 Å². The van der Waals surface area contributed by atoms with Crippen LogP contribution in [0.4, 0.5) is 5.82 Å². The first kappa shape index (κ1) is 24.0. The average molecular weight is 533 g/mol. The largest absolute Gasteiger partial charge is 0.370 e. The van der Waals surface area contributed by atoms with Gasteiger partial charge in [0.25, 0.3) is 0 Å². The van der Waals surface area contributed by atoms with Crippen LogP contribution in [0.15, 0.2) is 70.9 Å². The second kappa shape index (κ2) is 10.9. The Kier molecular flexibility index (Phi) is 7.49. The minimum absolute atomic E-state index is 0.582. The first-order chi connectivity index (χ1) is 17.1. The standard InChI is InChI=1S/C29H34BrN5/c1-21-12-13-25(22(2)16-21)27-17-28(35-29(33-27)26(30)19-32-35)31-18-24-11-7-15-34(20-24)14-6-10-23-8-4-3-5-9-23/h3-6,8-10,12-13,17,19,21,24,31H,7,11,14-16,18,20H2,1-2H3/b10-6+. The van der Waals surface area contributed by atoms with Crippen LogP contribution in [0.25, 0.3) is 17.3 Å². The van der Waals surface area contributed by atoms with Crippen molar-refractivity contribution in [2.75, 3.05) is 31.5 Å². The van der Waals surface area contributed by atoms with E-state index in [1.807, 2.05) is 10.7 Å². The van der Waals surface area contributed by atoms with Crippen LogP contribution in [0, 0.1) is 11.8 Å². The summed E-state index contributed by atoms with van der Waals surface area (Å²) in [4.78, 5) is 7.51. The summed E-state index contributed by atoms with van der Waals surface area (Å²) in [5, 5.41) is 8.30. The van der Waals surface area contributed by atoms with Crippen molar-refractivity contribution in [2.24, 2.45) is 11.8 Å². The third kappa shape index (κ3) is 5.76. The van der Waals surface area contributed by atoms with E-state index >= 15 is 0 Å². The van der Waals surface area contributed by atoms with Crippen LogP contribution in [0.3, 0.4) is 0 Å². The van der Waals surface area contributed by atoms with Gasteiger partial charge in [0, 0.05) is 25.7 Å². The van der Waals surface area contributed by atoms with E-state index in [2.05, 4.69) is 106 Å². The Morgan fingerprint density at radius 1 is 1.23 bits per heavy atom. The number of anilines is 1. The van der Waals surface area contributed by atoms with Crippen LogP contribution in [0.1, 0.15) is 44.4 Å². The quantitative estimate of drug-likeness (QED) is 0.368. The highest BCUT2D eigenvalue weighted by atomic mass is 79.9. The lowest BCUT2D eigenvalue weighted by atomic mass is 9.90. The molecule has 3 aromatic rings. The van der Waals surface area contributed by atoms with Crippen molar-refractivity contribution in [2.45, 2.75) is 33.1 Å². The summed E-state index contributed by atoms with van der Waals surface area (Å²) in [5.41, 5.74) is 5.76. The van der Waals surface area contributed by atoms with Gasteiger partial charge in [-0.2, -0.15) is 9.61 Å². The van der Waals surface area contributed by atoms with Gasteiger partial charge < -0.3 is 5.32 Å². The van der Waals surface area contributed by atoms with Crippen LogP contribution < -0.4 is 5.32 Å². The number of hydrogen-bond donors (Lipinski definition) is 1. The van der Waals surface area contributed by atoms with Crippen LogP contribution in [0.2, 0.25) is 0 Å². The molecule has 1 N–H and O–H groups in total. The van der Waals surface area contributed by atoms with Gasteiger partial charge in [0.15, 0.2) is 5.65 Å².